The zero-order valence-electron chi connectivity index (χ0n) is 18.2. The summed E-state index contributed by atoms with van der Waals surface area (Å²) in [6.45, 7) is 6.00. The number of ether oxygens (including phenoxy) is 1. The second-order valence-electron chi connectivity index (χ2n) is 8.11. The van der Waals surface area contributed by atoms with Crippen molar-refractivity contribution in [1.82, 2.24) is 0 Å². The van der Waals surface area contributed by atoms with Crippen molar-refractivity contribution in [2.45, 2.75) is 46.1 Å². The van der Waals surface area contributed by atoms with E-state index >= 15 is 0 Å². The smallest absolute Gasteiger partial charge is 0.248 e. The average molecular weight is 438 g/mol. The summed E-state index contributed by atoms with van der Waals surface area (Å²) < 4.78 is 5.68. The quantitative estimate of drug-likeness (QED) is 0.294. The molecule has 32 heavy (non-hydrogen) atoms. The Labute approximate surface area is 185 Å². The van der Waals surface area contributed by atoms with Gasteiger partial charge in [0.15, 0.2) is 17.6 Å². The second-order valence-corrected chi connectivity index (χ2v) is 8.11. The molecule has 7 nitrogen and oxygen atoms in total. The van der Waals surface area contributed by atoms with Gasteiger partial charge in [0.05, 0.1) is 0 Å². The number of fused-ring (bicyclic) bond motifs is 1. The summed E-state index contributed by atoms with van der Waals surface area (Å²) in [5.41, 5.74) is 2.44. The van der Waals surface area contributed by atoms with Crippen LogP contribution in [0.15, 0.2) is 47.6 Å². The summed E-state index contributed by atoms with van der Waals surface area (Å²) in [6, 6.07) is 4.73. The molecule has 0 bridgehead atoms. The van der Waals surface area contributed by atoms with Crippen LogP contribution >= 0.6 is 0 Å². The zero-order chi connectivity index (χ0) is 23.6. The zero-order valence-corrected chi connectivity index (χ0v) is 18.2. The first kappa shape index (κ1) is 22.9. The molecule has 2 aromatic carbocycles. The van der Waals surface area contributed by atoms with E-state index in [4.69, 9.17) is 4.74 Å². The van der Waals surface area contributed by atoms with Crippen LogP contribution in [0.4, 0.5) is 0 Å². The third kappa shape index (κ3) is 4.61. The van der Waals surface area contributed by atoms with Gasteiger partial charge in [-0.1, -0.05) is 29.4 Å². The predicted octanol–water partition coefficient (Wildman–Crippen LogP) is 4.63. The van der Waals surface area contributed by atoms with Crippen LogP contribution < -0.4 is 4.74 Å². The minimum Gasteiger partial charge on any atom is -0.508 e. The van der Waals surface area contributed by atoms with Crippen molar-refractivity contribution in [3.63, 3.8) is 0 Å². The molecule has 1 heterocycles. The first-order valence-corrected chi connectivity index (χ1v) is 10.2. The number of carbonyl (C=O) groups is 2. The van der Waals surface area contributed by atoms with Crippen molar-refractivity contribution < 1.29 is 34.8 Å². The monoisotopic (exact) mass is 438 g/mol. The highest BCUT2D eigenvalue weighted by Gasteiger charge is 2.40. The van der Waals surface area contributed by atoms with E-state index in [9.17, 15) is 30.0 Å². The van der Waals surface area contributed by atoms with Gasteiger partial charge in [-0.25, -0.2) is 0 Å². The minimum absolute atomic E-state index is 0.135. The van der Waals surface area contributed by atoms with Crippen LogP contribution in [0.5, 0.6) is 28.7 Å². The van der Waals surface area contributed by atoms with Crippen molar-refractivity contribution >= 4 is 11.6 Å². The molecule has 3 rings (SSSR count). The lowest BCUT2D eigenvalue weighted by atomic mass is 9.90. The highest BCUT2D eigenvalue weighted by molar-refractivity contribution is 6.47. The second kappa shape index (κ2) is 9.18. The van der Waals surface area contributed by atoms with Crippen molar-refractivity contribution in [2.24, 2.45) is 0 Å². The van der Waals surface area contributed by atoms with Crippen molar-refractivity contribution in [2.75, 3.05) is 0 Å². The number of phenolic OH excluding ortho intramolecular Hbond substituents is 4. The van der Waals surface area contributed by atoms with Gasteiger partial charge >= 0.3 is 0 Å². The fourth-order valence-electron chi connectivity index (χ4n) is 3.60. The molecular formula is C25H26O7. The van der Waals surface area contributed by atoms with Gasteiger partial charge in [-0.15, -0.1) is 0 Å². The molecule has 168 valence electrons. The summed E-state index contributed by atoms with van der Waals surface area (Å²) >= 11 is 0. The standard InChI is InChI=1S/C25H26O7/c1-13(2)5-4-6-14(3)7-8-16-17(9-10-18(27)22(16)29)25-24(31)23(30)21-19(28)11-15(26)12-20(21)32-25/h5,7,9-12,25-29H,4,6,8H2,1-3H3/b14-7+. The predicted molar refractivity (Wildman–Crippen MR) is 118 cm³/mol. The fourth-order valence-corrected chi connectivity index (χ4v) is 3.60. The summed E-state index contributed by atoms with van der Waals surface area (Å²) in [4.78, 5) is 25.4. The Kier molecular flexibility index (Phi) is 6.58. The lowest BCUT2D eigenvalue weighted by molar-refractivity contribution is -0.122. The molecule has 0 spiro atoms. The number of phenols is 4. The van der Waals surface area contributed by atoms with Crippen LogP contribution in [0.2, 0.25) is 0 Å². The van der Waals surface area contributed by atoms with E-state index < -0.39 is 29.2 Å². The summed E-state index contributed by atoms with van der Waals surface area (Å²) in [6.07, 6.45) is 4.50. The van der Waals surface area contributed by atoms with Crippen LogP contribution in [0.3, 0.4) is 0 Å². The largest absolute Gasteiger partial charge is 0.508 e. The Morgan fingerprint density at radius 1 is 1.00 bits per heavy atom. The molecule has 7 heteroatoms. The molecule has 1 aliphatic rings. The van der Waals surface area contributed by atoms with Gasteiger partial charge in [-0.3, -0.25) is 9.59 Å². The van der Waals surface area contributed by atoms with Gasteiger partial charge in [-0.05, 0) is 46.1 Å². The molecule has 0 saturated carbocycles. The molecular weight excluding hydrogens is 412 g/mol. The molecule has 1 aliphatic heterocycles. The number of ketones is 2. The van der Waals surface area contributed by atoms with Crippen molar-refractivity contribution in [1.29, 1.82) is 0 Å². The van der Waals surface area contributed by atoms with E-state index in [2.05, 4.69) is 6.08 Å². The first-order valence-electron chi connectivity index (χ1n) is 10.2. The maximum absolute atomic E-state index is 12.8. The van der Waals surface area contributed by atoms with Crippen LogP contribution in [-0.4, -0.2) is 32.0 Å². The van der Waals surface area contributed by atoms with Crippen LogP contribution in [-0.2, 0) is 11.2 Å². The fraction of sp³-hybridized carbons (Fsp3) is 0.280. The maximum Gasteiger partial charge on any atom is 0.248 e. The van der Waals surface area contributed by atoms with Gasteiger partial charge in [-0.2, -0.15) is 0 Å². The molecule has 0 aromatic heterocycles. The van der Waals surface area contributed by atoms with E-state index in [-0.39, 0.29) is 40.4 Å². The molecule has 0 fully saturated rings. The van der Waals surface area contributed by atoms with Gasteiger partial charge in [0.2, 0.25) is 11.6 Å². The molecule has 2 aromatic rings. The highest BCUT2D eigenvalue weighted by Crippen LogP contribution is 2.43. The first-order chi connectivity index (χ1) is 15.1. The number of aromatic hydroxyl groups is 4. The number of carbonyl (C=O) groups excluding carboxylic acids is 2. The average Bonchev–Trinajstić information content (AvgIpc) is 2.71. The maximum atomic E-state index is 12.8. The molecule has 0 radical (unpaired) electrons. The molecule has 1 atom stereocenters. The molecule has 1 unspecified atom stereocenters. The van der Waals surface area contributed by atoms with E-state index in [0.717, 1.165) is 30.5 Å². The number of hydrogen-bond donors (Lipinski definition) is 4. The molecule has 4 N–H and O–H groups in total. The lowest BCUT2D eigenvalue weighted by Crippen LogP contribution is -2.32. The SMILES string of the molecule is CC(C)=CCC/C(C)=C/Cc1c(C2Oc3cc(O)cc(O)c3C(=O)C2=O)ccc(O)c1O. The summed E-state index contributed by atoms with van der Waals surface area (Å²) in [5, 5.41) is 40.2. The van der Waals surface area contributed by atoms with Crippen LogP contribution in [0.25, 0.3) is 0 Å². The van der Waals surface area contributed by atoms with E-state index in [1.165, 1.54) is 17.7 Å². The summed E-state index contributed by atoms with van der Waals surface area (Å²) in [5.74, 6) is -3.65. The van der Waals surface area contributed by atoms with Gasteiger partial charge < -0.3 is 25.2 Å². The Morgan fingerprint density at radius 3 is 2.41 bits per heavy atom. The van der Waals surface area contributed by atoms with E-state index in [1.807, 2.05) is 26.8 Å². The highest BCUT2D eigenvalue weighted by atomic mass is 16.5. The number of Topliss-reactive ketones (excluding diaryl/α,β-unsaturated/α-hetero) is 2. The van der Waals surface area contributed by atoms with E-state index in [0.29, 0.717) is 0 Å². The van der Waals surface area contributed by atoms with Gasteiger partial charge in [0.1, 0.15) is 22.8 Å². The number of rotatable bonds is 6. The Morgan fingerprint density at radius 2 is 1.72 bits per heavy atom. The Bertz CT molecular complexity index is 1140. The Balaban J connectivity index is 1.98. The third-order valence-corrected chi connectivity index (χ3v) is 5.33. The van der Waals surface area contributed by atoms with Crippen LogP contribution in [0.1, 0.15) is 61.2 Å². The minimum atomic E-state index is -1.39. The number of benzene rings is 2. The molecule has 0 saturated heterocycles. The van der Waals surface area contributed by atoms with Crippen molar-refractivity contribution in [3.8, 4) is 28.7 Å². The number of hydrogen-bond acceptors (Lipinski definition) is 7. The molecule has 0 aliphatic carbocycles. The molecule has 0 amide bonds. The van der Waals surface area contributed by atoms with E-state index in [1.54, 1.807) is 0 Å². The van der Waals surface area contributed by atoms with Gasteiger partial charge in [0.25, 0.3) is 0 Å². The topological polar surface area (TPSA) is 124 Å². The lowest BCUT2D eigenvalue weighted by Gasteiger charge is -2.26. The Hall–Kier alpha value is -3.74. The van der Waals surface area contributed by atoms with Crippen LogP contribution in [0, 0.1) is 0 Å². The normalized spacial score (nSPS) is 15.8. The number of allylic oxidation sites excluding steroid dienone is 4. The van der Waals surface area contributed by atoms with Crippen molar-refractivity contribution in [3.05, 3.63) is 64.3 Å². The summed E-state index contributed by atoms with van der Waals surface area (Å²) in [7, 11) is 0. The third-order valence-electron chi connectivity index (χ3n) is 5.33. The van der Waals surface area contributed by atoms with Gasteiger partial charge in [0, 0.05) is 23.3 Å².